The van der Waals surface area contributed by atoms with Crippen molar-refractivity contribution < 1.29 is 4.79 Å². The van der Waals surface area contributed by atoms with Gasteiger partial charge in [-0.05, 0) is 74.6 Å². The first-order valence-corrected chi connectivity index (χ1v) is 12.1. The van der Waals surface area contributed by atoms with Gasteiger partial charge in [-0.1, -0.05) is 53.5 Å². The number of nitrogens with one attached hydrogen (secondary N) is 1. The van der Waals surface area contributed by atoms with E-state index in [0.29, 0.717) is 35.1 Å². The molecule has 0 saturated carbocycles. The van der Waals surface area contributed by atoms with Crippen LogP contribution < -0.4 is 5.32 Å². The molecule has 5 nitrogen and oxygen atoms in total. The number of rotatable bonds is 9. The van der Waals surface area contributed by atoms with Crippen LogP contribution in [0.2, 0.25) is 10.0 Å². The molecule has 0 unspecified atom stereocenters. The van der Waals surface area contributed by atoms with E-state index in [4.69, 9.17) is 28.2 Å². The molecule has 1 N–H and O–H groups in total. The second-order valence-electron chi connectivity index (χ2n) is 8.59. The summed E-state index contributed by atoms with van der Waals surface area (Å²) < 4.78 is 2.19. The largest absolute Gasteiger partial charge is 0.352 e. The van der Waals surface area contributed by atoms with Crippen molar-refractivity contribution in [2.45, 2.75) is 19.4 Å². The molecular formula is C27H28Cl2N4O. The van der Waals surface area contributed by atoms with Gasteiger partial charge >= 0.3 is 0 Å². The van der Waals surface area contributed by atoms with E-state index >= 15 is 0 Å². The molecule has 7 heteroatoms. The SMILES string of the molecule is CN(C)CCCNC(=O)c1ccc(Cn2c(Cc3c(Cl)cccc3Cl)nc3ccccc32)cc1. The van der Waals surface area contributed by atoms with Gasteiger partial charge in [0.2, 0.25) is 0 Å². The topological polar surface area (TPSA) is 50.2 Å². The number of hydrogen-bond acceptors (Lipinski definition) is 3. The number of imidazole rings is 1. The molecule has 0 aliphatic carbocycles. The lowest BCUT2D eigenvalue weighted by molar-refractivity contribution is 0.0952. The van der Waals surface area contributed by atoms with Gasteiger partial charge in [0.25, 0.3) is 5.91 Å². The number of halogens is 2. The van der Waals surface area contributed by atoms with Crippen LogP contribution in [-0.2, 0) is 13.0 Å². The van der Waals surface area contributed by atoms with Crippen LogP contribution in [0.1, 0.15) is 33.7 Å². The minimum absolute atomic E-state index is 0.0487. The average molecular weight is 495 g/mol. The monoisotopic (exact) mass is 494 g/mol. The molecule has 0 fully saturated rings. The van der Waals surface area contributed by atoms with Gasteiger partial charge in [0.1, 0.15) is 5.82 Å². The van der Waals surface area contributed by atoms with Crippen LogP contribution in [0.3, 0.4) is 0 Å². The maximum absolute atomic E-state index is 12.4. The molecule has 1 amide bonds. The van der Waals surface area contributed by atoms with E-state index in [-0.39, 0.29) is 5.91 Å². The third-order valence-electron chi connectivity index (χ3n) is 5.75. The summed E-state index contributed by atoms with van der Waals surface area (Å²) >= 11 is 12.9. The number of carbonyl (C=O) groups is 1. The zero-order valence-corrected chi connectivity index (χ0v) is 20.9. The first kappa shape index (κ1) is 24.3. The highest BCUT2D eigenvalue weighted by Crippen LogP contribution is 2.28. The van der Waals surface area contributed by atoms with Gasteiger partial charge in [-0.25, -0.2) is 4.98 Å². The van der Waals surface area contributed by atoms with Gasteiger partial charge in [0.15, 0.2) is 0 Å². The van der Waals surface area contributed by atoms with E-state index in [2.05, 4.69) is 20.9 Å². The Morgan fingerprint density at radius 1 is 0.971 bits per heavy atom. The maximum Gasteiger partial charge on any atom is 0.251 e. The van der Waals surface area contributed by atoms with Crippen molar-refractivity contribution in [2.24, 2.45) is 0 Å². The van der Waals surface area contributed by atoms with E-state index in [0.717, 1.165) is 41.0 Å². The van der Waals surface area contributed by atoms with Crippen molar-refractivity contribution in [3.05, 3.63) is 99.3 Å². The van der Waals surface area contributed by atoms with Crippen LogP contribution in [0.25, 0.3) is 11.0 Å². The lowest BCUT2D eigenvalue weighted by Gasteiger charge is -2.12. The predicted octanol–water partition coefficient (Wildman–Crippen LogP) is 5.66. The highest BCUT2D eigenvalue weighted by atomic mass is 35.5. The summed E-state index contributed by atoms with van der Waals surface area (Å²) in [6.07, 6.45) is 1.45. The minimum atomic E-state index is -0.0487. The van der Waals surface area contributed by atoms with Gasteiger partial charge in [0, 0.05) is 35.1 Å². The summed E-state index contributed by atoms with van der Waals surface area (Å²) in [5, 5.41) is 4.25. The van der Waals surface area contributed by atoms with E-state index in [1.807, 2.05) is 74.8 Å². The highest BCUT2D eigenvalue weighted by molar-refractivity contribution is 6.36. The maximum atomic E-state index is 12.4. The number of carbonyl (C=O) groups excluding carboxylic acids is 1. The second kappa shape index (κ2) is 11.0. The number of nitrogens with zero attached hydrogens (tertiary/aromatic N) is 3. The molecule has 3 aromatic carbocycles. The summed E-state index contributed by atoms with van der Waals surface area (Å²) in [6.45, 7) is 2.23. The van der Waals surface area contributed by atoms with E-state index < -0.39 is 0 Å². The van der Waals surface area contributed by atoms with Gasteiger partial charge in [0.05, 0.1) is 11.0 Å². The van der Waals surface area contributed by atoms with Crippen molar-refractivity contribution >= 4 is 40.1 Å². The number of fused-ring (bicyclic) bond motifs is 1. The smallest absolute Gasteiger partial charge is 0.251 e. The number of aromatic nitrogens is 2. The fraction of sp³-hybridized carbons (Fsp3) is 0.259. The summed E-state index contributed by atoms with van der Waals surface area (Å²) in [6, 6.07) is 21.3. The van der Waals surface area contributed by atoms with Gasteiger partial charge in [-0.3, -0.25) is 4.79 Å². The molecule has 0 spiro atoms. The Balaban J connectivity index is 1.54. The van der Waals surface area contributed by atoms with Crippen LogP contribution >= 0.6 is 23.2 Å². The molecule has 34 heavy (non-hydrogen) atoms. The zero-order chi connectivity index (χ0) is 24.1. The van der Waals surface area contributed by atoms with Crippen molar-refractivity contribution in [3.8, 4) is 0 Å². The molecule has 4 aromatic rings. The summed E-state index contributed by atoms with van der Waals surface area (Å²) in [5.41, 5.74) is 4.58. The number of amides is 1. The van der Waals surface area contributed by atoms with E-state index in [1.54, 1.807) is 0 Å². The van der Waals surface area contributed by atoms with Crippen molar-refractivity contribution in [3.63, 3.8) is 0 Å². The van der Waals surface area contributed by atoms with Gasteiger partial charge in [-0.15, -0.1) is 0 Å². The third-order valence-corrected chi connectivity index (χ3v) is 6.46. The van der Waals surface area contributed by atoms with Crippen LogP contribution in [0.5, 0.6) is 0 Å². The third kappa shape index (κ3) is 5.79. The van der Waals surface area contributed by atoms with Gasteiger partial charge < -0.3 is 14.8 Å². The van der Waals surface area contributed by atoms with Crippen molar-refractivity contribution in [1.82, 2.24) is 19.8 Å². The van der Waals surface area contributed by atoms with Crippen LogP contribution in [0, 0.1) is 0 Å². The molecule has 0 atom stereocenters. The van der Waals surface area contributed by atoms with Crippen LogP contribution in [-0.4, -0.2) is 47.5 Å². The summed E-state index contributed by atoms with van der Waals surface area (Å²) in [5.74, 6) is 0.839. The number of benzene rings is 3. The fourth-order valence-electron chi connectivity index (χ4n) is 3.94. The Hall–Kier alpha value is -2.86. The standard InChI is InChI=1S/C27H28Cl2N4O/c1-32(2)16-6-15-30-27(34)20-13-11-19(12-14-20)18-33-25-10-4-3-9-24(25)31-26(33)17-21-22(28)7-5-8-23(21)29/h3-5,7-14H,6,15-18H2,1-2H3,(H,30,34). The molecule has 0 aliphatic heterocycles. The minimum Gasteiger partial charge on any atom is -0.352 e. The molecule has 176 valence electrons. The Labute approximate surface area is 210 Å². The molecule has 0 bridgehead atoms. The lowest BCUT2D eigenvalue weighted by atomic mass is 10.1. The molecule has 4 rings (SSSR count). The predicted molar refractivity (Wildman–Crippen MR) is 140 cm³/mol. The van der Waals surface area contributed by atoms with E-state index in [1.165, 1.54) is 0 Å². The van der Waals surface area contributed by atoms with Gasteiger partial charge in [-0.2, -0.15) is 0 Å². The normalized spacial score (nSPS) is 11.3. The Morgan fingerprint density at radius 2 is 1.68 bits per heavy atom. The Bertz CT molecular complexity index is 1260. The summed E-state index contributed by atoms with van der Waals surface area (Å²) in [4.78, 5) is 19.4. The Kier molecular flexibility index (Phi) is 7.88. The Morgan fingerprint density at radius 3 is 2.38 bits per heavy atom. The lowest BCUT2D eigenvalue weighted by Crippen LogP contribution is -2.27. The molecule has 0 saturated heterocycles. The summed E-state index contributed by atoms with van der Waals surface area (Å²) in [7, 11) is 4.05. The molecular weight excluding hydrogens is 467 g/mol. The number of hydrogen-bond donors (Lipinski definition) is 1. The second-order valence-corrected chi connectivity index (χ2v) is 9.40. The number of para-hydroxylation sites is 2. The highest BCUT2D eigenvalue weighted by Gasteiger charge is 2.15. The quantitative estimate of drug-likeness (QED) is 0.305. The van der Waals surface area contributed by atoms with Crippen molar-refractivity contribution in [2.75, 3.05) is 27.2 Å². The van der Waals surface area contributed by atoms with Crippen LogP contribution in [0.15, 0.2) is 66.7 Å². The average Bonchev–Trinajstić information content (AvgIpc) is 3.16. The first-order valence-electron chi connectivity index (χ1n) is 11.3. The molecule has 1 heterocycles. The molecule has 0 radical (unpaired) electrons. The van der Waals surface area contributed by atoms with Crippen LogP contribution in [0.4, 0.5) is 0 Å². The molecule has 0 aliphatic rings. The molecule has 1 aromatic heterocycles. The van der Waals surface area contributed by atoms with E-state index in [9.17, 15) is 4.79 Å². The zero-order valence-electron chi connectivity index (χ0n) is 19.4. The fourth-order valence-corrected chi connectivity index (χ4v) is 4.47. The van der Waals surface area contributed by atoms with Crippen molar-refractivity contribution in [1.29, 1.82) is 0 Å². The first-order chi connectivity index (χ1) is 16.4.